The van der Waals surface area contributed by atoms with Crippen molar-refractivity contribution < 1.29 is 29.6 Å². The van der Waals surface area contributed by atoms with Gasteiger partial charge in [-0.25, -0.2) is 4.79 Å². The smallest absolute Gasteiger partial charge is 0.323 e. The van der Waals surface area contributed by atoms with E-state index in [-0.39, 0.29) is 0 Å². The van der Waals surface area contributed by atoms with E-state index in [1.54, 1.807) is 0 Å². The second-order valence-electron chi connectivity index (χ2n) is 4.47. The van der Waals surface area contributed by atoms with Crippen LogP contribution in [-0.4, -0.2) is 76.8 Å². The summed E-state index contributed by atoms with van der Waals surface area (Å²) in [5, 5.41) is 34.7. The molecule has 22 heavy (non-hydrogen) atoms. The van der Waals surface area contributed by atoms with E-state index >= 15 is 0 Å². The number of hydrogen-bond donors (Lipinski definition) is 4. The molecule has 1 aliphatic rings. The fourth-order valence-corrected chi connectivity index (χ4v) is 2.13. The molecule has 0 unspecified atom stereocenters. The van der Waals surface area contributed by atoms with Crippen molar-refractivity contribution in [2.45, 2.75) is 24.0 Å². The van der Waals surface area contributed by atoms with Gasteiger partial charge < -0.3 is 25.4 Å². The molecular weight excluding hydrogens is 298 g/mol. The zero-order valence-electron chi connectivity index (χ0n) is 11.7. The molecule has 122 valence electrons. The van der Waals surface area contributed by atoms with Gasteiger partial charge in [0.25, 0.3) is 0 Å². The Morgan fingerprint density at radius 1 is 1.55 bits per heavy atom. The summed E-state index contributed by atoms with van der Waals surface area (Å²) in [5.74, 6) is 0. The van der Waals surface area contributed by atoms with Gasteiger partial charge in [-0.3, -0.25) is 9.69 Å². The van der Waals surface area contributed by atoms with Crippen LogP contribution in [0.5, 0.6) is 0 Å². The molecule has 0 aromatic carbocycles. The molecule has 1 saturated heterocycles. The van der Waals surface area contributed by atoms with Gasteiger partial charge in [0.15, 0.2) is 6.23 Å². The molecular formula is C11H17N5O6. The largest absolute Gasteiger partial charge is 0.393 e. The van der Waals surface area contributed by atoms with Crippen molar-refractivity contribution in [2.24, 2.45) is 5.11 Å². The van der Waals surface area contributed by atoms with Crippen molar-refractivity contribution in [3.63, 3.8) is 0 Å². The van der Waals surface area contributed by atoms with Gasteiger partial charge in [-0.1, -0.05) is 5.11 Å². The molecule has 11 nitrogen and oxygen atoms in total. The van der Waals surface area contributed by atoms with E-state index in [2.05, 4.69) is 15.3 Å². The van der Waals surface area contributed by atoms with E-state index in [9.17, 15) is 24.9 Å². The number of ether oxygens (including phenoxy) is 1. The quantitative estimate of drug-likeness (QED) is 0.152. The third-order valence-electron chi connectivity index (χ3n) is 3.27. The van der Waals surface area contributed by atoms with Gasteiger partial charge in [0.2, 0.25) is 0 Å². The summed E-state index contributed by atoms with van der Waals surface area (Å²) in [6.07, 6.45) is -0.438. The normalized spacial score (nSPS) is 26.5. The minimum atomic E-state index is -1.75. The summed E-state index contributed by atoms with van der Waals surface area (Å²) >= 11 is 0. The first-order valence-corrected chi connectivity index (χ1v) is 6.25. The lowest BCUT2D eigenvalue weighted by Crippen LogP contribution is -2.48. The van der Waals surface area contributed by atoms with E-state index in [1.165, 1.54) is 7.05 Å². The molecule has 0 aromatic heterocycles. The number of carbonyl (C=O) groups is 2. The fourth-order valence-electron chi connectivity index (χ4n) is 2.13. The van der Waals surface area contributed by atoms with E-state index in [0.29, 0.717) is 6.29 Å². The summed E-state index contributed by atoms with van der Waals surface area (Å²) in [5.41, 5.74) is 6.81. The number of nitrogens with one attached hydrogen (secondary N) is 1. The molecule has 2 amide bonds. The first-order chi connectivity index (χ1) is 10.5. The molecule has 0 spiro atoms. The Morgan fingerprint density at radius 2 is 2.18 bits per heavy atom. The van der Waals surface area contributed by atoms with Crippen LogP contribution in [0.4, 0.5) is 4.79 Å². The third kappa shape index (κ3) is 3.18. The van der Waals surface area contributed by atoms with Crippen LogP contribution in [0.25, 0.3) is 10.4 Å². The Kier molecular flexibility index (Phi) is 6.28. The van der Waals surface area contributed by atoms with Crippen molar-refractivity contribution in [3.8, 4) is 0 Å². The molecule has 0 aromatic rings. The molecule has 1 heterocycles. The SMILES string of the molecule is CNC(=O)N(/C=C\C=O)[C@@H]1OC(CO)(CO)[C@@H](N=[N+]=[N-])[C@H]1O. The molecule has 4 N–H and O–H groups in total. The zero-order chi connectivity index (χ0) is 16.8. The standard InChI is InChI=1S/C11H17N5O6/c1-13-10(21)16(3-2-4-17)9-7(20)8(14-15-12)11(5-18,6-19)22-9/h2-4,7-9,18-20H,5-6H2,1H3,(H,13,21)/b3-2-/t7-,8+,9-/m1/s1. The average Bonchev–Trinajstić information content (AvgIpc) is 2.81. The maximum Gasteiger partial charge on any atom is 0.323 e. The summed E-state index contributed by atoms with van der Waals surface area (Å²) in [7, 11) is 1.32. The Morgan fingerprint density at radius 3 is 2.64 bits per heavy atom. The average molecular weight is 315 g/mol. The first-order valence-electron chi connectivity index (χ1n) is 6.25. The molecule has 1 rings (SSSR count). The van der Waals surface area contributed by atoms with E-state index in [0.717, 1.165) is 17.2 Å². The predicted octanol–water partition coefficient (Wildman–Crippen LogP) is -1.54. The van der Waals surface area contributed by atoms with Crippen molar-refractivity contribution in [2.75, 3.05) is 20.3 Å². The van der Waals surface area contributed by atoms with Crippen molar-refractivity contribution in [1.82, 2.24) is 10.2 Å². The Labute approximate surface area is 125 Å². The zero-order valence-corrected chi connectivity index (χ0v) is 11.7. The molecule has 0 saturated carbocycles. The number of urea groups is 1. The minimum Gasteiger partial charge on any atom is -0.393 e. The van der Waals surface area contributed by atoms with E-state index in [4.69, 9.17) is 10.3 Å². The minimum absolute atomic E-state index is 0.410. The van der Waals surface area contributed by atoms with Crippen LogP contribution in [0, 0.1) is 0 Å². The maximum atomic E-state index is 11.8. The lowest BCUT2D eigenvalue weighted by Gasteiger charge is -2.29. The lowest BCUT2D eigenvalue weighted by molar-refractivity contribution is -0.136. The molecule has 11 heteroatoms. The maximum absolute atomic E-state index is 11.8. The van der Waals surface area contributed by atoms with Gasteiger partial charge in [0.1, 0.15) is 24.0 Å². The summed E-state index contributed by atoms with van der Waals surface area (Å²) in [6, 6.07) is -2.04. The predicted molar refractivity (Wildman–Crippen MR) is 72.2 cm³/mol. The first kappa shape index (κ1) is 17.9. The van der Waals surface area contributed by atoms with Crippen molar-refractivity contribution in [1.29, 1.82) is 0 Å². The highest BCUT2D eigenvalue weighted by Gasteiger charge is 2.56. The van der Waals surface area contributed by atoms with Crippen LogP contribution >= 0.6 is 0 Å². The second-order valence-corrected chi connectivity index (χ2v) is 4.47. The molecule has 0 bridgehead atoms. The van der Waals surface area contributed by atoms with Crippen molar-refractivity contribution in [3.05, 3.63) is 22.7 Å². The fraction of sp³-hybridized carbons (Fsp3) is 0.636. The third-order valence-corrected chi connectivity index (χ3v) is 3.27. The van der Waals surface area contributed by atoms with Crippen LogP contribution in [0.2, 0.25) is 0 Å². The summed E-state index contributed by atoms with van der Waals surface area (Å²) in [4.78, 5) is 25.7. The number of rotatable bonds is 6. The molecule has 0 aliphatic carbocycles. The van der Waals surface area contributed by atoms with Crippen LogP contribution in [0.3, 0.4) is 0 Å². The molecule has 1 aliphatic heterocycles. The number of allylic oxidation sites excluding steroid dienone is 1. The number of aliphatic hydroxyl groups is 3. The lowest BCUT2D eigenvalue weighted by atomic mass is 9.95. The number of nitrogens with zero attached hydrogens (tertiary/aromatic N) is 4. The number of aliphatic hydroxyl groups excluding tert-OH is 3. The Bertz CT molecular complexity index is 487. The van der Waals surface area contributed by atoms with Gasteiger partial charge in [0, 0.05) is 18.2 Å². The molecule has 1 fully saturated rings. The number of azide groups is 1. The van der Waals surface area contributed by atoms with E-state index < -0.39 is 43.2 Å². The van der Waals surface area contributed by atoms with Crippen LogP contribution in [0.1, 0.15) is 0 Å². The monoisotopic (exact) mass is 315 g/mol. The van der Waals surface area contributed by atoms with Crippen LogP contribution in [0.15, 0.2) is 17.4 Å². The Hall–Kier alpha value is -2.17. The van der Waals surface area contributed by atoms with Crippen LogP contribution in [-0.2, 0) is 9.53 Å². The second kappa shape index (κ2) is 7.73. The van der Waals surface area contributed by atoms with Crippen LogP contribution < -0.4 is 5.32 Å². The topological polar surface area (TPSA) is 168 Å². The van der Waals surface area contributed by atoms with Gasteiger partial charge in [-0.05, 0) is 11.6 Å². The molecule has 0 radical (unpaired) electrons. The van der Waals surface area contributed by atoms with Gasteiger partial charge in [-0.2, -0.15) is 0 Å². The van der Waals surface area contributed by atoms with E-state index in [1.807, 2.05) is 0 Å². The van der Waals surface area contributed by atoms with Gasteiger partial charge >= 0.3 is 6.03 Å². The van der Waals surface area contributed by atoms with Gasteiger partial charge in [-0.15, -0.1) is 0 Å². The highest BCUT2D eigenvalue weighted by molar-refractivity contribution is 5.76. The number of amides is 2. The number of aldehydes is 1. The highest BCUT2D eigenvalue weighted by Crippen LogP contribution is 2.35. The number of carbonyl (C=O) groups excluding carboxylic acids is 2. The molecule has 3 atom stereocenters. The van der Waals surface area contributed by atoms with Gasteiger partial charge in [0.05, 0.1) is 13.2 Å². The summed E-state index contributed by atoms with van der Waals surface area (Å²) < 4.78 is 5.39. The number of hydrogen-bond acceptors (Lipinski definition) is 7. The summed E-state index contributed by atoms with van der Waals surface area (Å²) in [6.45, 7) is -1.50. The highest BCUT2D eigenvalue weighted by atomic mass is 16.6. The van der Waals surface area contributed by atoms with Crippen molar-refractivity contribution >= 4 is 12.3 Å². The Balaban J connectivity index is 3.22.